The largest absolute Gasteiger partial charge is 0.323 e. The highest BCUT2D eigenvalue weighted by Gasteiger charge is 2.08. The maximum atomic E-state index is 11.6. The fraction of sp³-hybridized carbons (Fsp3) is 0.0833. The second-order valence-corrected chi connectivity index (χ2v) is 4.76. The van der Waals surface area contributed by atoms with Crippen molar-refractivity contribution in [2.24, 2.45) is 0 Å². The second kappa shape index (κ2) is 4.97. The molecule has 5 heteroatoms. The molecule has 0 radical (unpaired) electrons. The Bertz CT molecular complexity index is 535. The first-order valence-corrected chi connectivity index (χ1v) is 6.36. The SMILES string of the molecule is Cc1ccccc1NC(=O)NC1=CS(=O)C=C1. The second-order valence-electron chi connectivity index (χ2n) is 3.60. The monoisotopic (exact) mass is 248 g/mol. The van der Waals surface area contributed by atoms with Crippen molar-refractivity contribution < 1.29 is 9.00 Å². The molecule has 1 atom stereocenters. The highest BCUT2D eigenvalue weighted by atomic mass is 32.2. The van der Waals surface area contributed by atoms with Crippen molar-refractivity contribution in [3.05, 3.63) is 52.4 Å². The van der Waals surface area contributed by atoms with E-state index in [1.54, 1.807) is 6.08 Å². The number of rotatable bonds is 2. The van der Waals surface area contributed by atoms with Crippen molar-refractivity contribution >= 4 is 22.5 Å². The summed E-state index contributed by atoms with van der Waals surface area (Å²) in [6, 6.07) is 7.16. The van der Waals surface area contributed by atoms with Gasteiger partial charge in [-0.15, -0.1) is 0 Å². The number of amides is 2. The number of hydrogen-bond acceptors (Lipinski definition) is 2. The summed E-state index contributed by atoms with van der Waals surface area (Å²) in [7, 11) is -1.11. The molecule has 88 valence electrons. The Morgan fingerprint density at radius 3 is 2.65 bits per heavy atom. The molecule has 1 aromatic carbocycles. The van der Waals surface area contributed by atoms with E-state index in [1.807, 2.05) is 31.2 Å². The predicted molar refractivity (Wildman–Crippen MR) is 68.7 cm³/mol. The number of urea groups is 1. The molecule has 1 aromatic rings. The average Bonchev–Trinajstić information content (AvgIpc) is 2.67. The highest BCUT2D eigenvalue weighted by molar-refractivity contribution is 7.91. The van der Waals surface area contributed by atoms with E-state index in [9.17, 15) is 9.00 Å². The molecule has 0 fully saturated rings. The third-order valence-corrected chi connectivity index (χ3v) is 3.17. The lowest BCUT2D eigenvalue weighted by Crippen LogP contribution is -2.27. The summed E-state index contributed by atoms with van der Waals surface area (Å²) in [6.45, 7) is 1.92. The molecule has 0 saturated heterocycles. The van der Waals surface area contributed by atoms with Gasteiger partial charge in [0.05, 0.1) is 16.5 Å². The Labute approximate surface area is 102 Å². The van der Waals surface area contributed by atoms with Crippen LogP contribution in [0.2, 0.25) is 0 Å². The number of nitrogens with one attached hydrogen (secondary N) is 2. The predicted octanol–water partition coefficient (Wildman–Crippen LogP) is 2.23. The smallest absolute Gasteiger partial charge is 0.307 e. The molecule has 2 N–H and O–H groups in total. The lowest BCUT2D eigenvalue weighted by molar-refractivity contribution is 0.254. The zero-order valence-corrected chi connectivity index (χ0v) is 10.1. The van der Waals surface area contributed by atoms with Gasteiger partial charge in [-0.25, -0.2) is 4.79 Å². The van der Waals surface area contributed by atoms with Gasteiger partial charge in [0.25, 0.3) is 0 Å². The quantitative estimate of drug-likeness (QED) is 0.843. The van der Waals surface area contributed by atoms with Crippen LogP contribution in [-0.4, -0.2) is 10.2 Å². The maximum Gasteiger partial charge on any atom is 0.323 e. The van der Waals surface area contributed by atoms with Gasteiger partial charge in [0.15, 0.2) is 0 Å². The summed E-state index contributed by atoms with van der Waals surface area (Å²) in [5.41, 5.74) is 2.30. The molecular formula is C12H12N2O2S. The molecule has 0 saturated carbocycles. The Morgan fingerprint density at radius 2 is 2.00 bits per heavy atom. The summed E-state index contributed by atoms with van der Waals surface area (Å²) in [5.74, 6) is 0. The lowest BCUT2D eigenvalue weighted by atomic mass is 10.2. The minimum absolute atomic E-state index is 0.339. The van der Waals surface area contributed by atoms with Gasteiger partial charge in [-0.2, -0.15) is 0 Å². The normalized spacial score (nSPS) is 17.7. The summed E-state index contributed by atoms with van der Waals surface area (Å²) in [5, 5.41) is 8.35. The number of benzene rings is 1. The molecule has 2 rings (SSSR count). The molecule has 1 aliphatic heterocycles. The van der Waals surface area contributed by atoms with Crippen LogP contribution in [0.4, 0.5) is 10.5 Å². The van der Waals surface area contributed by atoms with Crippen LogP contribution in [0, 0.1) is 6.92 Å². The fourth-order valence-corrected chi connectivity index (χ4v) is 2.16. The number of hydrogen-bond donors (Lipinski definition) is 2. The van der Waals surface area contributed by atoms with Crippen molar-refractivity contribution in [1.82, 2.24) is 5.32 Å². The highest BCUT2D eigenvalue weighted by Crippen LogP contribution is 2.13. The third-order valence-electron chi connectivity index (χ3n) is 2.28. The van der Waals surface area contributed by atoms with Gasteiger partial charge in [-0.3, -0.25) is 4.21 Å². The van der Waals surface area contributed by atoms with Gasteiger partial charge in [0.1, 0.15) is 0 Å². The zero-order valence-electron chi connectivity index (χ0n) is 9.27. The molecule has 1 aliphatic rings. The summed E-state index contributed by atoms with van der Waals surface area (Å²) in [6.07, 6.45) is 1.62. The molecule has 1 unspecified atom stereocenters. The number of allylic oxidation sites excluding steroid dienone is 1. The van der Waals surface area contributed by atoms with Crippen molar-refractivity contribution in [2.45, 2.75) is 6.92 Å². The Kier molecular flexibility index (Phi) is 3.39. The van der Waals surface area contributed by atoms with Gasteiger partial charge in [0, 0.05) is 16.5 Å². The lowest BCUT2D eigenvalue weighted by Gasteiger charge is -2.08. The number of anilines is 1. The number of carbonyl (C=O) groups excluding carboxylic acids is 1. The average molecular weight is 248 g/mol. The van der Waals surface area contributed by atoms with Crippen LogP contribution < -0.4 is 10.6 Å². The molecule has 0 aromatic heterocycles. The molecule has 0 bridgehead atoms. The first kappa shape index (κ1) is 11.6. The zero-order chi connectivity index (χ0) is 12.3. The standard InChI is InChI=1S/C12H12N2O2S/c1-9-4-2-3-5-11(9)14-12(15)13-10-6-7-17(16)8-10/h2-8H,1H3,(H2,13,14,15). The first-order chi connectivity index (χ1) is 8.15. The summed E-state index contributed by atoms with van der Waals surface area (Å²) in [4.78, 5) is 11.6. The topological polar surface area (TPSA) is 58.2 Å². The van der Waals surface area contributed by atoms with E-state index in [0.717, 1.165) is 11.3 Å². The Hall–Kier alpha value is -1.88. The summed E-state index contributed by atoms with van der Waals surface area (Å²) < 4.78 is 11.0. The van der Waals surface area contributed by atoms with E-state index in [0.29, 0.717) is 5.70 Å². The van der Waals surface area contributed by atoms with Gasteiger partial charge in [-0.1, -0.05) is 18.2 Å². The van der Waals surface area contributed by atoms with E-state index < -0.39 is 10.8 Å². The molecule has 1 heterocycles. The van der Waals surface area contributed by atoms with E-state index >= 15 is 0 Å². The number of carbonyl (C=O) groups is 1. The van der Waals surface area contributed by atoms with Crippen LogP contribution in [0.3, 0.4) is 0 Å². The van der Waals surface area contributed by atoms with Crippen LogP contribution in [0.15, 0.2) is 46.9 Å². The van der Waals surface area contributed by atoms with Crippen LogP contribution >= 0.6 is 0 Å². The van der Waals surface area contributed by atoms with Crippen molar-refractivity contribution in [3.63, 3.8) is 0 Å². The van der Waals surface area contributed by atoms with E-state index in [-0.39, 0.29) is 6.03 Å². The van der Waals surface area contributed by atoms with Gasteiger partial charge < -0.3 is 10.6 Å². The molecular weight excluding hydrogens is 236 g/mol. The van der Waals surface area contributed by atoms with Crippen molar-refractivity contribution in [1.29, 1.82) is 0 Å². The van der Waals surface area contributed by atoms with Gasteiger partial charge in [-0.05, 0) is 24.6 Å². The Balaban J connectivity index is 1.99. The van der Waals surface area contributed by atoms with E-state index in [4.69, 9.17) is 0 Å². The Morgan fingerprint density at radius 1 is 1.24 bits per heavy atom. The van der Waals surface area contributed by atoms with Gasteiger partial charge >= 0.3 is 6.03 Å². The molecule has 0 spiro atoms. The van der Waals surface area contributed by atoms with E-state index in [2.05, 4.69) is 10.6 Å². The molecule has 2 amide bonds. The number of para-hydroxylation sites is 1. The fourth-order valence-electron chi connectivity index (χ4n) is 1.41. The van der Waals surface area contributed by atoms with E-state index in [1.165, 1.54) is 10.8 Å². The molecule has 4 nitrogen and oxygen atoms in total. The third kappa shape index (κ3) is 3.04. The van der Waals surface area contributed by atoms with Crippen LogP contribution in [0.5, 0.6) is 0 Å². The first-order valence-electron chi connectivity index (χ1n) is 5.08. The molecule has 17 heavy (non-hydrogen) atoms. The minimum Gasteiger partial charge on any atom is -0.307 e. The minimum atomic E-state index is -1.11. The van der Waals surface area contributed by atoms with Crippen molar-refractivity contribution in [2.75, 3.05) is 5.32 Å². The van der Waals surface area contributed by atoms with Crippen molar-refractivity contribution in [3.8, 4) is 0 Å². The van der Waals surface area contributed by atoms with Crippen LogP contribution in [0.1, 0.15) is 5.56 Å². The van der Waals surface area contributed by atoms with Gasteiger partial charge in [0.2, 0.25) is 0 Å². The van der Waals surface area contributed by atoms with Crippen LogP contribution in [-0.2, 0) is 10.8 Å². The molecule has 0 aliphatic carbocycles. The summed E-state index contributed by atoms with van der Waals surface area (Å²) >= 11 is 0. The maximum absolute atomic E-state index is 11.6. The van der Waals surface area contributed by atoms with Crippen LogP contribution in [0.25, 0.3) is 0 Å². The number of aryl methyl sites for hydroxylation is 1.